The number of piperazine rings is 1. The molecule has 8 nitrogen and oxygen atoms in total. The second-order valence-electron chi connectivity index (χ2n) is 7.50. The van der Waals surface area contributed by atoms with Crippen molar-refractivity contribution < 1.29 is 19.1 Å². The molecule has 8 heteroatoms. The molecule has 0 spiro atoms. The van der Waals surface area contributed by atoms with Crippen molar-refractivity contribution in [1.29, 1.82) is 0 Å². The fourth-order valence-corrected chi connectivity index (χ4v) is 3.07. The lowest BCUT2D eigenvalue weighted by molar-refractivity contribution is -0.121. The van der Waals surface area contributed by atoms with E-state index in [-0.39, 0.29) is 30.7 Å². The zero-order valence-corrected chi connectivity index (χ0v) is 15.4. The van der Waals surface area contributed by atoms with E-state index in [9.17, 15) is 14.4 Å². The van der Waals surface area contributed by atoms with Crippen molar-refractivity contribution in [1.82, 2.24) is 9.88 Å². The van der Waals surface area contributed by atoms with Crippen LogP contribution in [0.2, 0.25) is 0 Å². The number of ketones is 1. The van der Waals surface area contributed by atoms with E-state index < -0.39 is 5.60 Å². The topological polar surface area (TPSA) is 83.1 Å². The van der Waals surface area contributed by atoms with Gasteiger partial charge < -0.3 is 19.4 Å². The summed E-state index contributed by atoms with van der Waals surface area (Å²) in [6, 6.07) is 3.56. The van der Waals surface area contributed by atoms with Gasteiger partial charge in [0, 0.05) is 32.4 Å². The van der Waals surface area contributed by atoms with Gasteiger partial charge in [-0.05, 0) is 32.9 Å². The number of carbonyl (C=O) groups is 3. The fourth-order valence-electron chi connectivity index (χ4n) is 3.07. The van der Waals surface area contributed by atoms with Crippen LogP contribution in [0.4, 0.5) is 16.3 Å². The Morgan fingerprint density at radius 2 is 1.85 bits per heavy atom. The lowest BCUT2D eigenvalue weighted by Crippen LogP contribution is -2.50. The zero-order valence-electron chi connectivity index (χ0n) is 15.4. The molecule has 0 aliphatic carbocycles. The van der Waals surface area contributed by atoms with E-state index in [2.05, 4.69) is 4.98 Å². The summed E-state index contributed by atoms with van der Waals surface area (Å²) in [5, 5.41) is 0. The first-order valence-corrected chi connectivity index (χ1v) is 8.74. The predicted molar refractivity (Wildman–Crippen MR) is 96.2 cm³/mol. The molecule has 2 fully saturated rings. The summed E-state index contributed by atoms with van der Waals surface area (Å²) < 4.78 is 5.41. The number of ether oxygens (including phenoxy) is 1. The third kappa shape index (κ3) is 3.95. The van der Waals surface area contributed by atoms with Crippen LogP contribution in [-0.4, -0.2) is 66.0 Å². The maximum absolute atomic E-state index is 12.2. The molecule has 3 heterocycles. The molecule has 0 N–H and O–H groups in total. The normalized spacial score (nSPS) is 18.5. The van der Waals surface area contributed by atoms with Crippen molar-refractivity contribution in [3.63, 3.8) is 0 Å². The molecule has 0 atom stereocenters. The maximum Gasteiger partial charge on any atom is 0.410 e. The number of rotatable bonds is 2. The predicted octanol–water partition coefficient (Wildman–Crippen LogP) is 1.44. The van der Waals surface area contributed by atoms with Crippen LogP contribution in [0.5, 0.6) is 0 Å². The molecule has 26 heavy (non-hydrogen) atoms. The zero-order chi connectivity index (χ0) is 18.9. The van der Waals surface area contributed by atoms with E-state index in [0.717, 1.165) is 0 Å². The third-order valence-corrected chi connectivity index (χ3v) is 4.27. The minimum atomic E-state index is -0.523. The van der Waals surface area contributed by atoms with E-state index >= 15 is 0 Å². The highest BCUT2D eigenvalue weighted by atomic mass is 16.6. The van der Waals surface area contributed by atoms with Crippen LogP contribution in [0, 0.1) is 0 Å². The van der Waals surface area contributed by atoms with Crippen molar-refractivity contribution in [2.45, 2.75) is 32.8 Å². The molecule has 0 bridgehead atoms. The molecule has 2 amide bonds. The van der Waals surface area contributed by atoms with Gasteiger partial charge in [-0.15, -0.1) is 0 Å². The van der Waals surface area contributed by atoms with Crippen LogP contribution in [0.25, 0.3) is 0 Å². The van der Waals surface area contributed by atoms with Gasteiger partial charge in [0.25, 0.3) is 0 Å². The average molecular weight is 360 g/mol. The lowest BCUT2D eigenvalue weighted by atomic mass is 10.2. The van der Waals surface area contributed by atoms with Gasteiger partial charge in [-0.3, -0.25) is 9.59 Å². The van der Waals surface area contributed by atoms with Gasteiger partial charge in [0.1, 0.15) is 5.60 Å². The number of aromatic nitrogens is 1. The number of amides is 2. The van der Waals surface area contributed by atoms with Gasteiger partial charge in [-0.1, -0.05) is 0 Å². The molecule has 2 aliphatic rings. The van der Waals surface area contributed by atoms with Gasteiger partial charge in [-0.2, -0.15) is 0 Å². The van der Waals surface area contributed by atoms with Crippen molar-refractivity contribution in [3.05, 3.63) is 18.3 Å². The van der Waals surface area contributed by atoms with Gasteiger partial charge in [0.15, 0.2) is 11.6 Å². The number of carbonyl (C=O) groups excluding carboxylic acids is 3. The molecule has 0 unspecified atom stereocenters. The quantitative estimate of drug-likeness (QED) is 0.742. The maximum atomic E-state index is 12.2. The Balaban J connectivity index is 1.70. The number of Topliss-reactive ketones (excluding diaryl/α,β-unsaturated/α-hetero) is 1. The molecule has 1 aromatic heterocycles. The molecular formula is C18H24N4O4. The Morgan fingerprint density at radius 3 is 2.42 bits per heavy atom. The van der Waals surface area contributed by atoms with Crippen LogP contribution >= 0.6 is 0 Å². The largest absolute Gasteiger partial charge is 0.444 e. The Kier molecular flexibility index (Phi) is 4.84. The summed E-state index contributed by atoms with van der Waals surface area (Å²) in [5.41, 5.74) is 0.124. The van der Waals surface area contributed by atoms with Crippen LogP contribution in [0.15, 0.2) is 18.3 Å². The number of hydrogen-bond donors (Lipinski definition) is 0. The summed E-state index contributed by atoms with van der Waals surface area (Å²) in [6.45, 7) is 7.81. The molecule has 0 radical (unpaired) electrons. The molecule has 3 rings (SSSR count). The highest BCUT2D eigenvalue weighted by Gasteiger charge is 2.33. The Bertz CT molecular complexity index is 720. The van der Waals surface area contributed by atoms with Crippen molar-refractivity contribution in [2.24, 2.45) is 0 Å². The second kappa shape index (κ2) is 6.93. The van der Waals surface area contributed by atoms with E-state index in [1.165, 1.54) is 4.90 Å². The fraction of sp³-hybridized carbons (Fsp3) is 0.556. The highest BCUT2D eigenvalue weighted by molar-refractivity contribution is 6.15. The van der Waals surface area contributed by atoms with Crippen molar-refractivity contribution in [2.75, 3.05) is 42.5 Å². The summed E-state index contributed by atoms with van der Waals surface area (Å²) in [4.78, 5) is 45.5. The Morgan fingerprint density at radius 1 is 1.15 bits per heavy atom. The molecule has 140 valence electrons. The van der Waals surface area contributed by atoms with Gasteiger partial charge in [0.2, 0.25) is 5.91 Å². The first-order valence-electron chi connectivity index (χ1n) is 8.74. The monoisotopic (exact) mass is 360 g/mol. The lowest BCUT2D eigenvalue weighted by Gasteiger charge is -2.37. The smallest absolute Gasteiger partial charge is 0.410 e. The van der Waals surface area contributed by atoms with E-state index in [0.29, 0.717) is 37.7 Å². The van der Waals surface area contributed by atoms with E-state index in [4.69, 9.17) is 4.74 Å². The van der Waals surface area contributed by atoms with Crippen LogP contribution in [0.1, 0.15) is 27.2 Å². The summed E-state index contributed by atoms with van der Waals surface area (Å²) in [7, 11) is 0. The molecule has 2 aliphatic heterocycles. The number of pyridine rings is 1. The standard InChI is InChI=1S/C18H24N4O4/c1-18(2,3)26-17(25)21-9-7-20(8-10-21)16-14(5-4-6-19-16)22-12-13(23)11-15(22)24/h4-6H,7-12H2,1-3H3. The summed E-state index contributed by atoms with van der Waals surface area (Å²) >= 11 is 0. The van der Waals surface area contributed by atoms with Crippen LogP contribution in [-0.2, 0) is 14.3 Å². The van der Waals surface area contributed by atoms with E-state index in [1.807, 2.05) is 25.7 Å². The Hall–Kier alpha value is -2.64. The van der Waals surface area contributed by atoms with Gasteiger partial charge in [-0.25, -0.2) is 9.78 Å². The molecule has 0 saturated carbocycles. The summed E-state index contributed by atoms with van der Waals surface area (Å²) in [5.74, 6) is 0.385. The minimum absolute atomic E-state index is 0.0548. The number of nitrogens with zero attached hydrogens (tertiary/aromatic N) is 4. The van der Waals surface area contributed by atoms with Crippen molar-refractivity contribution >= 4 is 29.3 Å². The molecular weight excluding hydrogens is 336 g/mol. The highest BCUT2D eigenvalue weighted by Crippen LogP contribution is 2.30. The molecule has 2 saturated heterocycles. The molecule has 1 aromatic rings. The van der Waals surface area contributed by atoms with Crippen LogP contribution in [0.3, 0.4) is 0 Å². The minimum Gasteiger partial charge on any atom is -0.444 e. The molecule has 0 aromatic carbocycles. The van der Waals surface area contributed by atoms with Gasteiger partial charge >= 0.3 is 6.09 Å². The number of anilines is 2. The first-order chi connectivity index (χ1) is 12.2. The SMILES string of the molecule is CC(C)(C)OC(=O)N1CCN(c2ncccc2N2CC(=O)CC2=O)CC1. The van der Waals surface area contributed by atoms with Crippen LogP contribution < -0.4 is 9.80 Å². The average Bonchev–Trinajstić information content (AvgIpc) is 2.92. The van der Waals surface area contributed by atoms with E-state index in [1.54, 1.807) is 23.2 Å². The second-order valence-corrected chi connectivity index (χ2v) is 7.50. The third-order valence-electron chi connectivity index (χ3n) is 4.27. The Labute approximate surface area is 152 Å². The van der Waals surface area contributed by atoms with Crippen molar-refractivity contribution in [3.8, 4) is 0 Å². The number of hydrogen-bond acceptors (Lipinski definition) is 6. The van der Waals surface area contributed by atoms with Gasteiger partial charge in [0.05, 0.1) is 18.7 Å². The summed E-state index contributed by atoms with van der Waals surface area (Å²) in [6.07, 6.45) is 1.29. The first kappa shape index (κ1) is 18.2.